The van der Waals surface area contributed by atoms with Crippen molar-refractivity contribution in [3.8, 4) is 0 Å². The molecule has 88 valence electrons. The molecule has 1 atom stereocenters. The molecule has 1 fully saturated rings. The standard InChI is InChI=1S/C10H13FN2O2S/c11-9-3-1-2-4-10(9)13-16(14,15)8-5-6-12-7-8/h1-4,8,12-13H,5-7H2. The number of rotatable bonds is 3. The van der Waals surface area contributed by atoms with Gasteiger partial charge in [-0.25, -0.2) is 12.8 Å². The molecule has 0 amide bonds. The zero-order valence-electron chi connectivity index (χ0n) is 8.61. The average molecular weight is 244 g/mol. The van der Waals surface area contributed by atoms with Gasteiger partial charge in [0.25, 0.3) is 0 Å². The maximum absolute atomic E-state index is 13.3. The van der Waals surface area contributed by atoms with Gasteiger partial charge in [-0.3, -0.25) is 4.72 Å². The smallest absolute Gasteiger partial charge is 0.237 e. The van der Waals surface area contributed by atoms with Gasteiger partial charge in [-0.1, -0.05) is 12.1 Å². The summed E-state index contributed by atoms with van der Waals surface area (Å²) in [6.07, 6.45) is 0.559. The molecule has 2 rings (SSSR count). The highest BCUT2D eigenvalue weighted by Gasteiger charge is 2.28. The molecule has 0 spiro atoms. The lowest BCUT2D eigenvalue weighted by Crippen LogP contribution is -2.29. The summed E-state index contributed by atoms with van der Waals surface area (Å²) in [5.41, 5.74) is 0.00870. The fourth-order valence-corrected chi connectivity index (χ4v) is 3.08. The molecule has 1 aromatic rings. The second-order valence-corrected chi connectivity index (χ2v) is 5.70. The van der Waals surface area contributed by atoms with E-state index in [1.165, 1.54) is 18.2 Å². The van der Waals surface area contributed by atoms with Crippen molar-refractivity contribution in [1.29, 1.82) is 0 Å². The van der Waals surface area contributed by atoms with Gasteiger partial charge in [-0.05, 0) is 25.1 Å². The van der Waals surface area contributed by atoms with Gasteiger partial charge in [-0.15, -0.1) is 0 Å². The lowest BCUT2D eigenvalue weighted by molar-refractivity contribution is 0.586. The fraction of sp³-hybridized carbons (Fsp3) is 0.400. The molecule has 0 bridgehead atoms. The van der Waals surface area contributed by atoms with Crippen molar-refractivity contribution in [1.82, 2.24) is 5.32 Å². The summed E-state index contributed by atoms with van der Waals surface area (Å²) in [5, 5.41) is 2.49. The van der Waals surface area contributed by atoms with E-state index in [4.69, 9.17) is 0 Å². The van der Waals surface area contributed by atoms with Crippen molar-refractivity contribution in [2.45, 2.75) is 11.7 Å². The molecule has 0 aromatic heterocycles. The van der Waals surface area contributed by atoms with E-state index in [9.17, 15) is 12.8 Å². The Bertz CT molecular complexity index is 469. The van der Waals surface area contributed by atoms with Crippen LogP contribution in [0, 0.1) is 5.82 Å². The molecular formula is C10H13FN2O2S. The number of anilines is 1. The minimum atomic E-state index is -3.49. The summed E-state index contributed by atoms with van der Waals surface area (Å²) < 4.78 is 39.2. The molecular weight excluding hydrogens is 231 g/mol. The summed E-state index contributed by atoms with van der Waals surface area (Å²) in [6.45, 7) is 1.10. The third-order valence-corrected chi connectivity index (χ3v) is 4.36. The van der Waals surface area contributed by atoms with Crippen LogP contribution < -0.4 is 10.0 Å². The zero-order valence-corrected chi connectivity index (χ0v) is 9.43. The minimum Gasteiger partial charge on any atom is -0.315 e. The third-order valence-electron chi connectivity index (χ3n) is 2.58. The fourth-order valence-electron chi connectivity index (χ4n) is 1.67. The predicted molar refractivity (Wildman–Crippen MR) is 60.2 cm³/mol. The Labute approximate surface area is 93.9 Å². The zero-order chi connectivity index (χ0) is 11.6. The Kier molecular flexibility index (Phi) is 3.11. The van der Waals surface area contributed by atoms with Crippen LogP contribution in [0.15, 0.2) is 24.3 Å². The van der Waals surface area contributed by atoms with Gasteiger partial charge in [0, 0.05) is 6.54 Å². The Balaban J connectivity index is 2.18. The first-order chi connectivity index (χ1) is 7.59. The Morgan fingerprint density at radius 3 is 2.75 bits per heavy atom. The molecule has 0 saturated carbocycles. The SMILES string of the molecule is O=S(=O)(Nc1ccccc1F)C1CCNC1. The van der Waals surface area contributed by atoms with Crippen LogP contribution in [-0.4, -0.2) is 26.8 Å². The molecule has 0 aliphatic carbocycles. The Hall–Kier alpha value is -1.14. The molecule has 1 unspecified atom stereocenters. The maximum atomic E-state index is 13.3. The van der Waals surface area contributed by atoms with Gasteiger partial charge in [0.1, 0.15) is 5.82 Å². The molecule has 4 nitrogen and oxygen atoms in total. The summed E-state index contributed by atoms with van der Waals surface area (Å²) in [4.78, 5) is 0. The molecule has 0 radical (unpaired) electrons. The van der Waals surface area contributed by atoms with E-state index in [-0.39, 0.29) is 5.69 Å². The van der Waals surface area contributed by atoms with Crippen molar-refractivity contribution < 1.29 is 12.8 Å². The summed E-state index contributed by atoms with van der Waals surface area (Å²) in [7, 11) is -3.49. The molecule has 1 aromatic carbocycles. The van der Waals surface area contributed by atoms with Gasteiger partial charge in [0.15, 0.2) is 0 Å². The molecule has 2 N–H and O–H groups in total. The number of benzene rings is 1. The van der Waals surface area contributed by atoms with Crippen LogP contribution in [0.4, 0.5) is 10.1 Å². The average Bonchev–Trinajstić information content (AvgIpc) is 2.75. The molecule has 1 aliphatic heterocycles. The maximum Gasteiger partial charge on any atom is 0.237 e. The van der Waals surface area contributed by atoms with Gasteiger partial charge in [-0.2, -0.15) is 0 Å². The first-order valence-corrected chi connectivity index (χ1v) is 6.61. The second-order valence-electron chi connectivity index (χ2n) is 3.74. The van der Waals surface area contributed by atoms with Gasteiger partial charge >= 0.3 is 0 Å². The second kappa shape index (κ2) is 4.39. The van der Waals surface area contributed by atoms with Crippen LogP contribution in [0.3, 0.4) is 0 Å². The lowest BCUT2D eigenvalue weighted by atomic mass is 10.3. The van der Waals surface area contributed by atoms with Crippen LogP contribution in [0.5, 0.6) is 0 Å². The number of sulfonamides is 1. The quantitative estimate of drug-likeness (QED) is 0.831. The topological polar surface area (TPSA) is 58.2 Å². The molecule has 6 heteroatoms. The molecule has 1 heterocycles. The van der Waals surface area contributed by atoms with Crippen LogP contribution in [0.1, 0.15) is 6.42 Å². The number of hydrogen-bond acceptors (Lipinski definition) is 3. The molecule has 16 heavy (non-hydrogen) atoms. The van der Waals surface area contributed by atoms with Crippen molar-refractivity contribution >= 4 is 15.7 Å². The highest BCUT2D eigenvalue weighted by Crippen LogP contribution is 2.18. The van der Waals surface area contributed by atoms with E-state index < -0.39 is 21.1 Å². The van der Waals surface area contributed by atoms with E-state index in [1.54, 1.807) is 6.07 Å². The van der Waals surface area contributed by atoms with E-state index in [2.05, 4.69) is 10.0 Å². The molecule has 1 aliphatic rings. The van der Waals surface area contributed by atoms with E-state index in [0.29, 0.717) is 19.5 Å². The van der Waals surface area contributed by atoms with E-state index >= 15 is 0 Å². The highest BCUT2D eigenvalue weighted by atomic mass is 32.2. The van der Waals surface area contributed by atoms with Crippen molar-refractivity contribution in [2.24, 2.45) is 0 Å². The number of nitrogens with one attached hydrogen (secondary N) is 2. The first kappa shape index (κ1) is 11.3. The van der Waals surface area contributed by atoms with Crippen LogP contribution in [0.25, 0.3) is 0 Å². The highest BCUT2D eigenvalue weighted by molar-refractivity contribution is 7.93. The Morgan fingerprint density at radius 2 is 2.12 bits per heavy atom. The van der Waals surface area contributed by atoms with Gasteiger partial charge in [0.05, 0.1) is 10.9 Å². The minimum absolute atomic E-state index is 0.00870. The monoisotopic (exact) mass is 244 g/mol. The van der Waals surface area contributed by atoms with Crippen LogP contribution in [-0.2, 0) is 10.0 Å². The summed E-state index contributed by atoms with van der Waals surface area (Å²) in [6, 6.07) is 5.75. The van der Waals surface area contributed by atoms with Gasteiger partial charge < -0.3 is 5.32 Å². The molecule has 1 saturated heterocycles. The van der Waals surface area contributed by atoms with E-state index in [1.807, 2.05) is 0 Å². The first-order valence-electron chi connectivity index (χ1n) is 5.06. The van der Waals surface area contributed by atoms with Gasteiger partial charge in [0.2, 0.25) is 10.0 Å². The third kappa shape index (κ3) is 2.33. The number of halogens is 1. The van der Waals surface area contributed by atoms with Crippen LogP contribution >= 0.6 is 0 Å². The summed E-state index contributed by atoms with van der Waals surface area (Å²) in [5.74, 6) is -0.558. The number of hydrogen-bond donors (Lipinski definition) is 2. The van der Waals surface area contributed by atoms with E-state index in [0.717, 1.165) is 0 Å². The Morgan fingerprint density at radius 1 is 1.38 bits per heavy atom. The largest absolute Gasteiger partial charge is 0.315 e. The van der Waals surface area contributed by atoms with Crippen LogP contribution in [0.2, 0.25) is 0 Å². The van der Waals surface area contributed by atoms with Crippen molar-refractivity contribution in [3.63, 3.8) is 0 Å². The lowest BCUT2D eigenvalue weighted by Gasteiger charge is -2.13. The van der Waals surface area contributed by atoms with Crippen molar-refractivity contribution in [2.75, 3.05) is 17.8 Å². The predicted octanol–water partition coefficient (Wildman–Crippen LogP) is 0.929. The number of para-hydroxylation sites is 1. The van der Waals surface area contributed by atoms with Crippen molar-refractivity contribution in [3.05, 3.63) is 30.1 Å². The summed E-state index contributed by atoms with van der Waals surface area (Å²) >= 11 is 0. The normalized spacial score (nSPS) is 20.9.